The third-order valence-electron chi connectivity index (χ3n) is 2.55. The standard InChI is InChI=1S/C13H15BrClN5O/c1-2-21-7-13-18-11(6-12(19-13)20-16)17-10-5-8(14)3-4-9(10)15/h3-6H,2,7,16H2,1H3,(H2,17,18,19,20). The minimum atomic E-state index is 0.312. The van der Waals surface area contributed by atoms with Gasteiger partial charge in [0.25, 0.3) is 0 Å². The quantitative estimate of drug-likeness (QED) is 0.532. The molecule has 0 saturated heterocycles. The fourth-order valence-electron chi connectivity index (χ4n) is 1.62. The van der Waals surface area contributed by atoms with E-state index in [1.807, 2.05) is 19.1 Å². The number of nitrogen functional groups attached to an aromatic ring is 1. The lowest BCUT2D eigenvalue weighted by molar-refractivity contribution is 0.128. The van der Waals surface area contributed by atoms with Gasteiger partial charge in [0.15, 0.2) is 5.82 Å². The lowest BCUT2D eigenvalue weighted by Crippen LogP contribution is -2.12. The average molecular weight is 373 g/mol. The summed E-state index contributed by atoms with van der Waals surface area (Å²) >= 11 is 9.55. The molecule has 1 heterocycles. The van der Waals surface area contributed by atoms with E-state index in [4.69, 9.17) is 22.2 Å². The van der Waals surface area contributed by atoms with Crippen molar-refractivity contribution in [3.63, 3.8) is 0 Å². The second kappa shape index (κ2) is 7.56. The van der Waals surface area contributed by atoms with E-state index in [0.29, 0.717) is 35.7 Å². The molecule has 0 fully saturated rings. The Morgan fingerprint density at radius 2 is 2.05 bits per heavy atom. The van der Waals surface area contributed by atoms with Crippen LogP contribution in [0.5, 0.6) is 0 Å². The Balaban J connectivity index is 2.27. The van der Waals surface area contributed by atoms with E-state index in [9.17, 15) is 0 Å². The first-order chi connectivity index (χ1) is 10.1. The Hall–Kier alpha value is -1.41. The zero-order chi connectivity index (χ0) is 15.2. The van der Waals surface area contributed by atoms with Gasteiger partial charge in [0.1, 0.15) is 18.2 Å². The monoisotopic (exact) mass is 371 g/mol. The van der Waals surface area contributed by atoms with E-state index >= 15 is 0 Å². The van der Waals surface area contributed by atoms with Crippen molar-refractivity contribution in [2.24, 2.45) is 5.84 Å². The Morgan fingerprint density at radius 3 is 2.76 bits per heavy atom. The first-order valence-electron chi connectivity index (χ1n) is 6.26. The molecule has 1 aromatic carbocycles. The Kier molecular flexibility index (Phi) is 5.75. The number of benzene rings is 1. The highest BCUT2D eigenvalue weighted by molar-refractivity contribution is 9.10. The molecule has 0 amide bonds. The highest BCUT2D eigenvalue weighted by Crippen LogP contribution is 2.28. The first-order valence-corrected chi connectivity index (χ1v) is 7.44. The number of hydrogen-bond donors (Lipinski definition) is 3. The van der Waals surface area contributed by atoms with Crippen molar-refractivity contribution in [2.45, 2.75) is 13.5 Å². The van der Waals surface area contributed by atoms with E-state index in [-0.39, 0.29) is 0 Å². The minimum Gasteiger partial charge on any atom is -0.374 e. The second-order valence-corrected chi connectivity index (χ2v) is 5.41. The van der Waals surface area contributed by atoms with Gasteiger partial charge in [-0.15, -0.1) is 0 Å². The number of rotatable bonds is 6. The van der Waals surface area contributed by atoms with E-state index in [1.54, 1.807) is 12.1 Å². The fourth-order valence-corrected chi connectivity index (χ4v) is 2.15. The lowest BCUT2D eigenvalue weighted by Gasteiger charge is -2.11. The lowest BCUT2D eigenvalue weighted by atomic mass is 10.3. The van der Waals surface area contributed by atoms with Crippen molar-refractivity contribution < 1.29 is 4.74 Å². The van der Waals surface area contributed by atoms with Crippen LogP contribution < -0.4 is 16.6 Å². The smallest absolute Gasteiger partial charge is 0.158 e. The summed E-state index contributed by atoms with van der Waals surface area (Å²) in [5.74, 6) is 7.02. The predicted molar refractivity (Wildman–Crippen MR) is 87.6 cm³/mol. The third kappa shape index (κ3) is 4.53. The van der Waals surface area contributed by atoms with Crippen LogP contribution in [-0.2, 0) is 11.3 Å². The van der Waals surface area contributed by atoms with E-state index in [1.165, 1.54) is 0 Å². The normalized spacial score (nSPS) is 10.5. The first kappa shape index (κ1) is 16.0. The molecule has 112 valence electrons. The van der Waals surface area contributed by atoms with Crippen molar-refractivity contribution in [1.82, 2.24) is 9.97 Å². The summed E-state index contributed by atoms with van der Waals surface area (Å²) in [7, 11) is 0. The van der Waals surface area contributed by atoms with E-state index < -0.39 is 0 Å². The molecule has 4 N–H and O–H groups in total. The summed E-state index contributed by atoms with van der Waals surface area (Å²) < 4.78 is 6.22. The van der Waals surface area contributed by atoms with Gasteiger partial charge in [0.2, 0.25) is 0 Å². The summed E-state index contributed by atoms with van der Waals surface area (Å²) in [5, 5.41) is 3.73. The maximum atomic E-state index is 6.15. The maximum Gasteiger partial charge on any atom is 0.158 e. The summed E-state index contributed by atoms with van der Waals surface area (Å²) in [4.78, 5) is 8.58. The average Bonchev–Trinajstić information content (AvgIpc) is 2.48. The van der Waals surface area contributed by atoms with Crippen LogP contribution in [0.1, 0.15) is 12.7 Å². The molecule has 0 saturated carbocycles. The summed E-state index contributed by atoms with van der Waals surface area (Å²) in [6.45, 7) is 2.81. The van der Waals surface area contributed by atoms with Crippen LogP contribution in [0.4, 0.5) is 17.3 Å². The SMILES string of the molecule is CCOCc1nc(NN)cc(Nc2cc(Br)ccc2Cl)n1. The highest BCUT2D eigenvalue weighted by Gasteiger charge is 2.07. The van der Waals surface area contributed by atoms with Gasteiger partial charge >= 0.3 is 0 Å². The number of halogens is 2. The van der Waals surface area contributed by atoms with Crippen LogP contribution in [-0.4, -0.2) is 16.6 Å². The summed E-state index contributed by atoms with van der Waals surface area (Å²) in [6.07, 6.45) is 0. The molecule has 0 aliphatic rings. The van der Waals surface area contributed by atoms with Crippen LogP contribution in [0, 0.1) is 0 Å². The number of nitrogens with one attached hydrogen (secondary N) is 2. The third-order valence-corrected chi connectivity index (χ3v) is 3.37. The predicted octanol–water partition coefficient (Wildman–Crippen LogP) is 3.46. The molecule has 8 heteroatoms. The zero-order valence-electron chi connectivity index (χ0n) is 11.4. The molecule has 2 aromatic rings. The van der Waals surface area contributed by atoms with E-state index in [0.717, 1.165) is 10.2 Å². The molecule has 0 radical (unpaired) electrons. The number of hydrazine groups is 1. The molecule has 0 aliphatic carbocycles. The van der Waals surface area contributed by atoms with Gasteiger partial charge < -0.3 is 15.5 Å². The van der Waals surface area contributed by atoms with Crippen molar-refractivity contribution in [2.75, 3.05) is 17.3 Å². The molecule has 21 heavy (non-hydrogen) atoms. The largest absolute Gasteiger partial charge is 0.374 e. The van der Waals surface area contributed by atoms with Gasteiger partial charge in [-0.25, -0.2) is 15.8 Å². The highest BCUT2D eigenvalue weighted by atomic mass is 79.9. The van der Waals surface area contributed by atoms with Crippen molar-refractivity contribution in [3.8, 4) is 0 Å². The number of hydrogen-bond acceptors (Lipinski definition) is 6. The second-order valence-electron chi connectivity index (χ2n) is 4.09. The van der Waals surface area contributed by atoms with Gasteiger partial charge in [-0.1, -0.05) is 27.5 Å². The van der Waals surface area contributed by atoms with Crippen LogP contribution in [0.25, 0.3) is 0 Å². The molecular formula is C13H15BrClN5O. The molecular weight excluding hydrogens is 358 g/mol. The molecule has 0 bridgehead atoms. The van der Waals surface area contributed by atoms with Crippen molar-refractivity contribution in [1.29, 1.82) is 0 Å². The number of anilines is 3. The molecule has 0 unspecified atom stereocenters. The van der Waals surface area contributed by atoms with Crippen molar-refractivity contribution >= 4 is 44.9 Å². The van der Waals surface area contributed by atoms with E-state index in [2.05, 4.69) is 36.6 Å². The summed E-state index contributed by atoms with van der Waals surface area (Å²) in [5.41, 5.74) is 3.24. The Labute approximate surface area is 136 Å². The molecule has 6 nitrogen and oxygen atoms in total. The van der Waals surface area contributed by atoms with Crippen molar-refractivity contribution in [3.05, 3.63) is 39.6 Å². The topological polar surface area (TPSA) is 85.1 Å². The van der Waals surface area contributed by atoms with Crippen LogP contribution in [0.15, 0.2) is 28.7 Å². The number of nitrogens with two attached hydrogens (primary N) is 1. The van der Waals surface area contributed by atoms with Gasteiger partial charge in [-0.3, -0.25) is 0 Å². The van der Waals surface area contributed by atoms with Gasteiger partial charge in [-0.05, 0) is 25.1 Å². The molecule has 2 rings (SSSR count). The molecule has 0 atom stereocenters. The molecule has 0 spiro atoms. The van der Waals surface area contributed by atoms with Gasteiger partial charge in [0.05, 0.1) is 10.7 Å². The van der Waals surface area contributed by atoms with Gasteiger partial charge in [0, 0.05) is 17.1 Å². The molecule has 0 aliphatic heterocycles. The van der Waals surface area contributed by atoms with Crippen LogP contribution in [0.2, 0.25) is 5.02 Å². The Bertz CT molecular complexity index is 626. The number of aromatic nitrogens is 2. The maximum absolute atomic E-state index is 6.15. The zero-order valence-corrected chi connectivity index (χ0v) is 13.7. The van der Waals surface area contributed by atoms with Crippen LogP contribution >= 0.6 is 27.5 Å². The number of ether oxygens (including phenoxy) is 1. The van der Waals surface area contributed by atoms with Gasteiger partial charge in [-0.2, -0.15) is 0 Å². The minimum absolute atomic E-state index is 0.312. The molecule has 1 aromatic heterocycles. The van der Waals surface area contributed by atoms with Crippen LogP contribution in [0.3, 0.4) is 0 Å². The summed E-state index contributed by atoms with van der Waals surface area (Å²) in [6, 6.07) is 7.20. The fraction of sp³-hybridized carbons (Fsp3) is 0.231. The Morgan fingerprint density at radius 1 is 1.29 bits per heavy atom. The number of nitrogens with zero attached hydrogens (tertiary/aromatic N) is 2.